The van der Waals surface area contributed by atoms with Crippen molar-refractivity contribution in [3.63, 3.8) is 0 Å². The molecule has 1 heterocycles. The number of carbonyl (C=O) groups excluding carboxylic acids is 2. The van der Waals surface area contributed by atoms with E-state index in [9.17, 15) is 14.9 Å². The molecule has 0 spiro atoms. The van der Waals surface area contributed by atoms with E-state index in [0.717, 1.165) is 58.2 Å². The highest BCUT2D eigenvalue weighted by Gasteiger charge is 2.34. The number of hydrogen-bond donors (Lipinski definition) is 2. The Morgan fingerprint density at radius 2 is 1.86 bits per heavy atom. The molecule has 0 bridgehead atoms. The topological polar surface area (TPSA) is 85.2 Å². The van der Waals surface area contributed by atoms with Gasteiger partial charge in [-0.2, -0.15) is 5.26 Å². The van der Waals surface area contributed by atoms with Gasteiger partial charge in [0.1, 0.15) is 0 Å². The number of benzene rings is 2. The molecule has 1 aliphatic heterocycles. The van der Waals surface area contributed by atoms with Gasteiger partial charge in [0.2, 0.25) is 0 Å². The first-order chi connectivity index (χ1) is 16.9. The molecule has 0 atom stereocenters. The van der Waals surface area contributed by atoms with Crippen molar-refractivity contribution >= 4 is 17.4 Å². The maximum atomic E-state index is 13.3. The predicted octanol–water partition coefficient (Wildman–Crippen LogP) is 4.20. The number of amides is 2. The van der Waals surface area contributed by atoms with Crippen LogP contribution in [0.1, 0.15) is 71.1 Å². The minimum Gasteiger partial charge on any atom is -0.355 e. The van der Waals surface area contributed by atoms with Crippen molar-refractivity contribution in [3.05, 3.63) is 76.9 Å². The molecule has 0 saturated heterocycles. The first-order valence-electron chi connectivity index (χ1n) is 12.5. The molecule has 0 radical (unpaired) electrons. The van der Waals surface area contributed by atoms with E-state index < -0.39 is 0 Å². The number of nitrogens with one attached hydrogen (secondary N) is 2. The fraction of sp³-hybridized carbons (Fsp3) is 0.414. The van der Waals surface area contributed by atoms with Gasteiger partial charge < -0.3 is 10.6 Å². The van der Waals surface area contributed by atoms with Crippen LogP contribution in [0.3, 0.4) is 0 Å². The lowest BCUT2D eigenvalue weighted by Gasteiger charge is -2.40. The summed E-state index contributed by atoms with van der Waals surface area (Å²) in [6, 6.07) is 15.3. The Kier molecular flexibility index (Phi) is 7.67. The van der Waals surface area contributed by atoms with E-state index in [1.807, 2.05) is 18.2 Å². The number of fused-ring (bicyclic) bond motifs is 1. The van der Waals surface area contributed by atoms with Crippen LogP contribution in [0.2, 0.25) is 0 Å². The Balaban J connectivity index is 1.43. The molecule has 182 valence electrons. The van der Waals surface area contributed by atoms with Crippen molar-refractivity contribution < 1.29 is 9.59 Å². The summed E-state index contributed by atoms with van der Waals surface area (Å²) >= 11 is 0. The third kappa shape index (κ3) is 5.80. The van der Waals surface area contributed by atoms with E-state index in [1.165, 1.54) is 17.5 Å². The molecule has 6 nitrogen and oxygen atoms in total. The van der Waals surface area contributed by atoms with Gasteiger partial charge in [0.15, 0.2) is 0 Å². The van der Waals surface area contributed by atoms with Gasteiger partial charge >= 0.3 is 0 Å². The first-order valence-corrected chi connectivity index (χ1v) is 12.5. The van der Waals surface area contributed by atoms with Crippen LogP contribution in [0.25, 0.3) is 5.57 Å². The van der Waals surface area contributed by atoms with Crippen LogP contribution in [0.4, 0.5) is 0 Å². The SMILES string of the molecule is C=C(C(=O)NC1(CCN2CCc3ccc(C#N)cc3C2)CCCCC1)c1cccc(C(=O)NC)c1. The summed E-state index contributed by atoms with van der Waals surface area (Å²) in [5, 5.41) is 15.2. The Morgan fingerprint density at radius 1 is 1.09 bits per heavy atom. The van der Waals surface area contributed by atoms with Crippen LogP contribution < -0.4 is 10.6 Å². The molecular formula is C29H34N4O2. The lowest BCUT2D eigenvalue weighted by atomic mass is 9.78. The largest absolute Gasteiger partial charge is 0.355 e. The molecule has 1 aliphatic carbocycles. The summed E-state index contributed by atoms with van der Waals surface area (Å²) in [4.78, 5) is 27.7. The van der Waals surface area contributed by atoms with Crippen LogP contribution in [-0.4, -0.2) is 42.4 Å². The van der Waals surface area contributed by atoms with E-state index in [0.29, 0.717) is 22.3 Å². The summed E-state index contributed by atoms with van der Waals surface area (Å²) in [6.45, 7) is 6.79. The Bertz CT molecular complexity index is 1160. The fourth-order valence-electron chi connectivity index (χ4n) is 5.35. The van der Waals surface area contributed by atoms with E-state index >= 15 is 0 Å². The number of nitrogens with zero attached hydrogens (tertiary/aromatic N) is 2. The van der Waals surface area contributed by atoms with Gasteiger partial charge in [-0.05, 0) is 66.6 Å². The Labute approximate surface area is 208 Å². The van der Waals surface area contributed by atoms with Crippen molar-refractivity contribution in [1.29, 1.82) is 5.26 Å². The highest BCUT2D eigenvalue weighted by atomic mass is 16.2. The molecule has 2 aromatic carbocycles. The van der Waals surface area contributed by atoms with E-state index in [2.05, 4.69) is 34.2 Å². The van der Waals surface area contributed by atoms with Crippen molar-refractivity contribution in [2.24, 2.45) is 0 Å². The van der Waals surface area contributed by atoms with Crippen LogP contribution >= 0.6 is 0 Å². The molecule has 2 aromatic rings. The second-order valence-corrected chi connectivity index (χ2v) is 9.81. The van der Waals surface area contributed by atoms with E-state index in [4.69, 9.17) is 0 Å². The predicted molar refractivity (Wildman–Crippen MR) is 138 cm³/mol. The number of carbonyl (C=O) groups is 2. The molecule has 35 heavy (non-hydrogen) atoms. The lowest BCUT2D eigenvalue weighted by molar-refractivity contribution is -0.118. The van der Waals surface area contributed by atoms with E-state index in [1.54, 1.807) is 25.2 Å². The summed E-state index contributed by atoms with van der Waals surface area (Å²) in [7, 11) is 1.59. The van der Waals surface area contributed by atoms with Gasteiger partial charge in [-0.25, -0.2) is 0 Å². The average molecular weight is 471 g/mol. The third-order valence-corrected chi connectivity index (χ3v) is 7.50. The third-order valence-electron chi connectivity index (χ3n) is 7.50. The number of rotatable bonds is 7. The van der Waals surface area contributed by atoms with Gasteiger partial charge in [0, 0.05) is 43.4 Å². The summed E-state index contributed by atoms with van der Waals surface area (Å²) in [5.74, 6) is -0.350. The number of nitriles is 1. The summed E-state index contributed by atoms with van der Waals surface area (Å²) in [6.07, 6.45) is 7.21. The molecule has 1 saturated carbocycles. The summed E-state index contributed by atoms with van der Waals surface area (Å²) in [5.41, 5.74) is 4.59. The van der Waals surface area contributed by atoms with Crippen LogP contribution in [-0.2, 0) is 17.8 Å². The average Bonchev–Trinajstić information content (AvgIpc) is 2.91. The second kappa shape index (κ2) is 10.9. The summed E-state index contributed by atoms with van der Waals surface area (Å²) < 4.78 is 0. The van der Waals surface area contributed by atoms with Crippen LogP contribution in [0.5, 0.6) is 0 Å². The maximum absolute atomic E-state index is 13.3. The van der Waals surface area contributed by atoms with Gasteiger partial charge in [-0.3, -0.25) is 14.5 Å². The zero-order chi connectivity index (χ0) is 24.8. The fourth-order valence-corrected chi connectivity index (χ4v) is 5.35. The Hall–Kier alpha value is -3.43. The van der Waals surface area contributed by atoms with Gasteiger partial charge in [-0.15, -0.1) is 0 Å². The molecule has 2 amide bonds. The minimum atomic E-state index is -0.245. The lowest BCUT2D eigenvalue weighted by Crippen LogP contribution is -2.51. The molecule has 2 aliphatic rings. The molecule has 0 unspecified atom stereocenters. The smallest absolute Gasteiger partial charge is 0.251 e. The maximum Gasteiger partial charge on any atom is 0.251 e. The van der Waals surface area contributed by atoms with Crippen LogP contribution in [0, 0.1) is 11.3 Å². The zero-order valence-corrected chi connectivity index (χ0v) is 20.5. The standard InChI is InChI=1S/C29H34N4O2/c1-21(24-7-6-8-25(18-24)28(35)31-2)27(34)32-29(12-4-3-5-13-29)14-16-33-15-11-23-10-9-22(19-30)17-26(23)20-33/h6-10,17-18H,1,3-5,11-16,20H2,2H3,(H,31,35)(H,32,34). The molecule has 0 aromatic heterocycles. The van der Waals surface area contributed by atoms with Gasteiger partial charge in [0.05, 0.1) is 11.6 Å². The Morgan fingerprint density at radius 3 is 2.60 bits per heavy atom. The van der Waals surface area contributed by atoms with E-state index in [-0.39, 0.29) is 17.4 Å². The van der Waals surface area contributed by atoms with Crippen LogP contribution in [0.15, 0.2) is 49.0 Å². The van der Waals surface area contributed by atoms with Crippen molar-refractivity contribution in [2.45, 2.75) is 57.0 Å². The molecule has 2 N–H and O–H groups in total. The van der Waals surface area contributed by atoms with Crippen molar-refractivity contribution in [1.82, 2.24) is 15.5 Å². The molecule has 6 heteroatoms. The quantitative estimate of drug-likeness (QED) is 0.594. The minimum absolute atomic E-state index is 0.163. The molecule has 4 rings (SSSR count). The van der Waals surface area contributed by atoms with Gasteiger partial charge in [0.25, 0.3) is 11.8 Å². The highest BCUT2D eigenvalue weighted by Crippen LogP contribution is 2.33. The van der Waals surface area contributed by atoms with Crippen molar-refractivity contribution in [2.75, 3.05) is 20.1 Å². The van der Waals surface area contributed by atoms with Gasteiger partial charge in [-0.1, -0.05) is 44.0 Å². The molecule has 1 fully saturated rings. The zero-order valence-electron chi connectivity index (χ0n) is 20.5. The normalized spacial score (nSPS) is 17.0. The first kappa shape index (κ1) is 24.7. The number of hydrogen-bond acceptors (Lipinski definition) is 4. The monoisotopic (exact) mass is 470 g/mol. The molecular weight excluding hydrogens is 436 g/mol. The van der Waals surface area contributed by atoms with Crippen molar-refractivity contribution in [3.8, 4) is 6.07 Å². The highest BCUT2D eigenvalue weighted by molar-refractivity contribution is 6.19. The second-order valence-electron chi connectivity index (χ2n) is 9.81.